The SMILES string of the molecule is CCCSC1=NN2C(=c3ccccc3=N[C@@H]2c2ccc(-c3ccc(Br)cc3)o2)C(=O)N1. The monoisotopic (exact) mass is 494 g/mol. The van der Waals surface area contributed by atoms with Crippen LogP contribution in [0.5, 0.6) is 0 Å². The third-order valence-electron chi connectivity index (χ3n) is 4.97. The molecule has 1 N–H and O–H groups in total. The molecule has 0 bridgehead atoms. The molecule has 31 heavy (non-hydrogen) atoms. The maximum Gasteiger partial charge on any atom is 0.276 e. The van der Waals surface area contributed by atoms with E-state index in [1.807, 2.05) is 60.7 Å². The number of carbonyl (C=O) groups excluding carboxylic acids is 1. The molecule has 0 radical (unpaired) electrons. The van der Waals surface area contributed by atoms with Crippen LogP contribution >= 0.6 is 27.7 Å². The summed E-state index contributed by atoms with van der Waals surface area (Å²) in [5.41, 5.74) is 1.45. The Morgan fingerprint density at radius 1 is 1.13 bits per heavy atom. The highest BCUT2D eigenvalue weighted by atomic mass is 79.9. The summed E-state index contributed by atoms with van der Waals surface area (Å²) < 4.78 is 7.20. The summed E-state index contributed by atoms with van der Waals surface area (Å²) >= 11 is 4.98. The summed E-state index contributed by atoms with van der Waals surface area (Å²) in [6, 6.07) is 19.4. The molecule has 2 aliphatic heterocycles. The molecule has 2 aromatic carbocycles. The largest absolute Gasteiger partial charge is 0.457 e. The molecular formula is C23H19BrN4O2S. The van der Waals surface area contributed by atoms with Crippen molar-refractivity contribution in [3.8, 4) is 11.3 Å². The predicted molar refractivity (Wildman–Crippen MR) is 125 cm³/mol. The summed E-state index contributed by atoms with van der Waals surface area (Å²) in [5, 5.41) is 11.4. The van der Waals surface area contributed by atoms with Crippen LogP contribution < -0.4 is 15.9 Å². The van der Waals surface area contributed by atoms with Crippen LogP contribution in [0, 0.1) is 0 Å². The molecule has 0 aliphatic carbocycles. The van der Waals surface area contributed by atoms with Gasteiger partial charge in [-0.3, -0.25) is 10.1 Å². The number of hydrogen-bond acceptors (Lipinski definition) is 6. The molecule has 1 atom stereocenters. The maximum absolute atomic E-state index is 13.0. The summed E-state index contributed by atoms with van der Waals surface area (Å²) in [6.07, 6.45) is 0.430. The van der Waals surface area contributed by atoms with Gasteiger partial charge in [-0.05, 0) is 36.8 Å². The van der Waals surface area contributed by atoms with Gasteiger partial charge in [0.1, 0.15) is 11.5 Å². The van der Waals surface area contributed by atoms with Crippen molar-refractivity contribution in [1.29, 1.82) is 0 Å². The van der Waals surface area contributed by atoms with E-state index >= 15 is 0 Å². The second-order valence-electron chi connectivity index (χ2n) is 7.13. The average molecular weight is 495 g/mol. The van der Waals surface area contributed by atoms with Gasteiger partial charge in [0, 0.05) is 21.0 Å². The number of hydrazone groups is 1. The predicted octanol–water partition coefficient (Wildman–Crippen LogP) is 4.00. The van der Waals surface area contributed by atoms with Gasteiger partial charge in [0.15, 0.2) is 10.9 Å². The lowest BCUT2D eigenvalue weighted by Crippen LogP contribution is -2.50. The number of carbonyl (C=O) groups is 1. The number of fused-ring (bicyclic) bond motifs is 2. The molecular weight excluding hydrogens is 476 g/mol. The van der Waals surface area contributed by atoms with E-state index in [-0.39, 0.29) is 5.91 Å². The van der Waals surface area contributed by atoms with Crippen LogP contribution in [0.15, 0.2) is 79.6 Å². The molecule has 3 heterocycles. The van der Waals surface area contributed by atoms with Gasteiger partial charge < -0.3 is 4.42 Å². The first-order chi connectivity index (χ1) is 15.1. The zero-order valence-corrected chi connectivity index (χ0v) is 19.1. The number of nitrogens with one attached hydrogen (secondary N) is 1. The van der Waals surface area contributed by atoms with Crippen molar-refractivity contribution in [1.82, 2.24) is 10.3 Å². The minimum Gasteiger partial charge on any atom is -0.457 e. The van der Waals surface area contributed by atoms with Crippen LogP contribution in [0.4, 0.5) is 0 Å². The number of rotatable bonds is 4. The molecule has 0 saturated heterocycles. The lowest BCUT2D eigenvalue weighted by Gasteiger charge is -2.32. The highest BCUT2D eigenvalue weighted by Crippen LogP contribution is 2.34. The first-order valence-corrected chi connectivity index (χ1v) is 11.8. The third-order valence-corrected chi connectivity index (χ3v) is 6.57. The topological polar surface area (TPSA) is 70.2 Å². The third kappa shape index (κ3) is 3.81. The molecule has 0 unspecified atom stereocenters. The molecule has 1 amide bonds. The average Bonchev–Trinajstić information content (AvgIpc) is 3.27. The van der Waals surface area contributed by atoms with Crippen molar-refractivity contribution in [3.05, 3.63) is 81.5 Å². The van der Waals surface area contributed by atoms with E-state index in [9.17, 15) is 4.79 Å². The summed E-state index contributed by atoms with van der Waals surface area (Å²) in [4.78, 5) is 17.9. The Morgan fingerprint density at radius 2 is 1.94 bits per heavy atom. The zero-order chi connectivity index (χ0) is 21.4. The number of halogens is 1. The number of amidine groups is 1. The first-order valence-electron chi connectivity index (χ1n) is 9.99. The first kappa shape index (κ1) is 20.1. The second kappa shape index (κ2) is 8.36. The van der Waals surface area contributed by atoms with Gasteiger partial charge in [-0.15, -0.1) is 5.10 Å². The Balaban J connectivity index is 1.61. The van der Waals surface area contributed by atoms with Crippen LogP contribution in [0.2, 0.25) is 0 Å². The standard InChI is InChI=1S/C23H19BrN4O2S/c1-2-13-31-23-26-22(29)20-16-5-3-4-6-17(16)25-21(28(20)27-23)19-12-11-18(30-19)14-7-9-15(24)10-8-14/h3-12,21H,2,13H2,1H3,(H,26,27,29)/t21-/m0/s1. The molecule has 0 spiro atoms. The van der Waals surface area contributed by atoms with Crippen LogP contribution in [-0.4, -0.2) is 21.8 Å². The molecule has 5 rings (SSSR count). The van der Waals surface area contributed by atoms with Crippen molar-refractivity contribution in [2.24, 2.45) is 10.1 Å². The van der Waals surface area contributed by atoms with E-state index in [1.165, 1.54) is 11.8 Å². The highest BCUT2D eigenvalue weighted by molar-refractivity contribution is 9.10. The Kier molecular flexibility index (Phi) is 5.41. The van der Waals surface area contributed by atoms with Gasteiger partial charge in [0.05, 0.1) is 5.36 Å². The quantitative estimate of drug-likeness (QED) is 0.595. The number of para-hydroxylation sites is 1. The molecule has 156 valence electrons. The van der Waals surface area contributed by atoms with Gasteiger partial charge in [0.25, 0.3) is 5.91 Å². The van der Waals surface area contributed by atoms with Gasteiger partial charge in [-0.25, -0.2) is 10.0 Å². The van der Waals surface area contributed by atoms with Gasteiger partial charge in [-0.1, -0.05) is 64.9 Å². The van der Waals surface area contributed by atoms with Crippen LogP contribution in [-0.2, 0) is 4.79 Å². The highest BCUT2D eigenvalue weighted by Gasteiger charge is 2.35. The Bertz CT molecular complexity index is 1300. The van der Waals surface area contributed by atoms with E-state index in [1.54, 1.807) is 5.01 Å². The van der Waals surface area contributed by atoms with Gasteiger partial charge >= 0.3 is 0 Å². The van der Waals surface area contributed by atoms with Crippen molar-refractivity contribution in [2.45, 2.75) is 19.5 Å². The number of amides is 1. The number of nitrogens with zero attached hydrogens (tertiary/aromatic N) is 3. The fraction of sp³-hybridized carbons (Fsp3) is 0.174. The Hall–Kier alpha value is -2.84. The van der Waals surface area contributed by atoms with E-state index in [4.69, 9.17) is 14.5 Å². The van der Waals surface area contributed by atoms with Crippen molar-refractivity contribution in [2.75, 3.05) is 5.75 Å². The minimum absolute atomic E-state index is 0.180. The van der Waals surface area contributed by atoms with E-state index in [2.05, 4.69) is 28.2 Å². The zero-order valence-electron chi connectivity index (χ0n) is 16.7. The molecule has 0 saturated carbocycles. The maximum atomic E-state index is 13.0. The fourth-order valence-electron chi connectivity index (χ4n) is 3.54. The van der Waals surface area contributed by atoms with E-state index in [0.29, 0.717) is 16.6 Å². The molecule has 6 nitrogen and oxygen atoms in total. The minimum atomic E-state index is -0.558. The van der Waals surface area contributed by atoms with Gasteiger partial charge in [0.2, 0.25) is 6.17 Å². The van der Waals surface area contributed by atoms with Crippen molar-refractivity contribution >= 4 is 44.5 Å². The van der Waals surface area contributed by atoms with Crippen LogP contribution in [0.3, 0.4) is 0 Å². The van der Waals surface area contributed by atoms with Crippen LogP contribution in [0.1, 0.15) is 25.3 Å². The fourth-order valence-corrected chi connectivity index (χ4v) is 4.51. The summed E-state index contributed by atoms with van der Waals surface area (Å²) in [7, 11) is 0. The van der Waals surface area contributed by atoms with Crippen molar-refractivity contribution in [3.63, 3.8) is 0 Å². The lowest BCUT2D eigenvalue weighted by molar-refractivity contribution is -0.116. The molecule has 8 heteroatoms. The Morgan fingerprint density at radius 3 is 2.74 bits per heavy atom. The second-order valence-corrected chi connectivity index (χ2v) is 9.13. The smallest absolute Gasteiger partial charge is 0.276 e. The number of thioether (sulfide) groups is 1. The molecule has 3 aromatic rings. The van der Waals surface area contributed by atoms with Crippen molar-refractivity contribution < 1.29 is 9.21 Å². The summed E-state index contributed by atoms with van der Waals surface area (Å²) in [5.74, 6) is 2.06. The van der Waals surface area contributed by atoms with Gasteiger partial charge in [-0.2, -0.15) is 0 Å². The number of hydrogen-bond donors (Lipinski definition) is 1. The lowest BCUT2D eigenvalue weighted by atomic mass is 10.1. The molecule has 1 aromatic heterocycles. The Labute approximate surface area is 191 Å². The number of benzene rings is 2. The molecule has 2 aliphatic rings. The van der Waals surface area contributed by atoms with Crippen LogP contribution in [0.25, 0.3) is 17.0 Å². The molecule has 0 fully saturated rings. The normalized spacial score (nSPS) is 17.4. The van der Waals surface area contributed by atoms with E-state index in [0.717, 1.165) is 38.5 Å². The summed E-state index contributed by atoms with van der Waals surface area (Å²) in [6.45, 7) is 2.09. The van der Waals surface area contributed by atoms with E-state index < -0.39 is 6.17 Å². The number of furan rings is 1.